The summed E-state index contributed by atoms with van der Waals surface area (Å²) in [7, 11) is 0. The van der Waals surface area contributed by atoms with Gasteiger partial charge in [0.25, 0.3) is 0 Å². The molecule has 0 spiro atoms. The maximum absolute atomic E-state index is 11.0. The predicted octanol–water partition coefficient (Wildman–Crippen LogP) is 1.21. The molecule has 1 N–H and O–H groups in total. The second-order valence-electron chi connectivity index (χ2n) is 3.36. The Bertz CT molecular complexity index is 219. The smallest absolute Gasteiger partial charge is 0.316 e. The summed E-state index contributed by atoms with van der Waals surface area (Å²) >= 11 is 6.01. The van der Waals surface area contributed by atoms with Gasteiger partial charge < -0.3 is 10.1 Å². The Balaban J connectivity index is 3.94. The largest absolute Gasteiger partial charge is 0.463 e. The number of halogens is 2. The highest BCUT2D eigenvalue weighted by Crippen LogP contribution is 2.03. The number of nitrogens with one attached hydrogen (secondary N) is 1. The van der Waals surface area contributed by atoms with Crippen LogP contribution >= 0.6 is 31.9 Å². The van der Waals surface area contributed by atoms with E-state index >= 15 is 0 Å². The quantitative estimate of drug-likeness (QED) is 0.609. The average Bonchev–Trinajstić information content (AvgIpc) is 2.13. The molecule has 0 aliphatic heterocycles. The van der Waals surface area contributed by atoms with E-state index in [0.29, 0.717) is 0 Å². The third-order valence-electron chi connectivity index (χ3n) is 1.30. The second kappa shape index (κ2) is 6.40. The van der Waals surface area contributed by atoms with Crippen LogP contribution in [0.25, 0.3) is 0 Å². The molecule has 0 aromatic rings. The summed E-state index contributed by atoms with van der Waals surface area (Å²) < 4.78 is 4.89. The Hall–Kier alpha value is -0.100. The molecule has 0 radical (unpaired) electrons. The van der Waals surface area contributed by atoms with Crippen molar-refractivity contribution in [2.24, 2.45) is 0 Å². The van der Waals surface area contributed by atoms with Crippen LogP contribution in [0.1, 0.15) is 13.8 Å². The highest BCUT2D eigenvalue weighted by molar-refractivity contribution is 9.09. The maximum atomic E-state index is 11.0. The SMILES string of the molecule is CC(C)(COC(=O)CBr)NC(=O)CBr. The number of hydrogen-bond donors (Lipinski definition) is 1. The summed E-state index contributed by atoms with van der Waals surface area (Å²) in [5, 5.41) is 3.11. The minimum Gasteiger partial charge on any atom is -0.463 e. The molecule has 0 aliphatic rings. The van der Waals surface area contributed by atoms with Gasteiger partial charge in [-0.05, 0) is 13.8 Å². The number of hydrogen-bond acceptors (Lipinski definition) is 3. The van der Waals surface area contributed by atoms with Crippen LogP contribution in [0.15, 0.2) is 0 Å². The lowest BCUT2D eigenvalue weighted by atomic mass is 10.1. The van der Waals surface area contributed by atoms with Gasteiger partial charge in [-0.2, -0.15) is 0 Å². The van der Waals surface area contributed by atoms with Crippen LogP contribution in [-0.4, -0.2) is 34.7 Å². The zero-order chi connectivity index (χ0) is 11.2. The van der Waals surface area contributed by atoms with Gasteiger partial charge in [-0.25, -0.2) is 0 Å². The molecule has 4 nitrogen and oxygen atoms in total. The summed E-state index contributed by atoms with van der Waals surface area (Å²) in [5.41, 5.74) is -0.539. The van der Waals surface area contributed by atoms with Gasteiger partial charge in [0.1, 0.15) is 11.9 Å². The van der Waals surface area contributed by atoms with Gasteiger partial charge in [-0.15, -0.1) is 0 Å². The van der Waals surface area contributed by atoms with Crippen molar-refractivity contribution in [3.8, 4) is 0 Å². The minimum absolute atomic E-state index is 0.134. The molecule has 0 saturated carbocycles. The molecular formula is C8H13Br2NO3. The molecule has 0 fully saturated rings. The summed E-state index contributed by atoms with van der Waals surface area (Å²) in [6.45, 7) is 3.74. The van der Waals surface area contributed by atoms with Gasteiger partial charge >= 0.3 is 5.97 Å². The fourth-order valence-electron chi connectivity index (χ4n) is 0.746. The van der Waals surface area contributed by atoms with Gasteiger partial charge in [-0.3, -0.25) is 9.59 Å². The standard InChI is InChI=1S/C8H13Br2NO3/c1-8(2,11-6(12)3-9)5-14-7(13)4-10/h3-5H2,1-2H3,(H,11,12). The number of carbonyl (C=O) groups excluding carboxylic acids is 2. The number of esters is 1. The van der Waals surface area contributed by atoms with Crippen LogP contribution in [0.4, 0.5) is 0 Å². The number of carbonyl (C=O) groups is 2. The van der Waals surface area contributed by atoms with E-state index in [1.165, 1.54) is 0 Å². The Kier molecular flexibility index (Phi) is 6.35. The van der Waals surface area contributed by atoms with Crippen molar-refractivity contribution in [2.45, 2.75) is 19.4 Å². The molecule has 6 heteroatoms. The van der Waals surface area contributed by atoms with Crippen LogP contribution < -0.4 is 5.32 Å². The number of alkyl halides is 2. The molecule has 1 amide bonds. The van der Waals surface area contributed by atoms with Gasteiger partial charge in [0.15, 0.2) is 0 Å². The first kappa shape index (κ1) is 13.9. The molecular weight excluding hydrogens is 318 g/mol. The number of rotatable bonds is 5. The molecule has 0 heterocycles. The molecule has 0 atom stereocenters. The summed E-state index contributed by atoms with van der Waals surface area (Å²) in [6, 6.07) is 0. The van der Waals surface area contributed by atoms with Crippen molar-refractivity contribution in [3.05, 3.63) is 0 Å². The van der Waals surface area contributed by atoms with Crippen LogP contribution in [0.5, 0.6) is 0 Å². The topological polar surface area (TPSA) is 55.4 Å². The average molecular weight is 331 g/mol. The Morgan fingerprint density at radius 1 is 1.29 bits per heavy atom. The normalized spacial score (nSPS) is 10.9. The fourth-order valence-corrected chi connectivity index (χ4v) is 1.05. The summed E-state index contributed by atoms with van der Waals surface area (Å²) in [6.07, 6.45) is 0. The Morgan fingerprint density at radius 3 is 2.29 bits per heavy atom. The van der Waals surface area contributed by atoms with E-state index in [4.69, 9.17) is 4.74 Å². The minimum atomic E-state index is -0.539. The fraction of sp³-hybridized carbons (Fsp3) is 0.750. The molecule has 0 unspecified atom stereocenters. The summed E-state index contributed by atoms with van der Waals surface area (Å²) in [4.78, 5) is 21.9. The molecule has 82 valence electrons. The highest BCUT2D eigenvalue weighted by atomic mass is 79.9. The molecule has 0 bridgehead atoms. The molecule has 14 heavy (non-hydrogen) atoms. The molecule has 0 aliphatic carbocycles. The molecule has 0 aromatic heterocycles. The Morgan fingerprint density at radius 2 is 1.86 bits per heavy atom. The number of ether oxygens (including phenoxy) is 1. The van der Waals surface area contributed by atoms with Crippen LogP contribution in [0.2, 0.25) is 0 Å². The zero-order valence-electron chi connectivity index (χ0n) is 8.10. The monoisotopic (exact) mass is 329 g/mol. The first-order valence-electron chi connectivity index (χ1n) is 4.00. The lowest BCUT2D eigenvalue weighted by Crippen LogP contribution is -2.48. The first-order chi connectivity index (χ1) is 6.41. The second-order valence-corrected chi connectivity index (χ2v) is 4.48. The van der Waals surface area contributed by atoms with Crippen molar-refractivity contribution >= 4 is 43.7 Å². The number of amides is 1. The van der Waals surface area contributed by atoms with E-state index in [0.717, 1.165) is 0 Å². The van der Waals surface area contributed by atoms with Crippen molar-refractivity contribution in [2.75, 3.05) is 17.3 Å². The van der Waals surface area contributed by atoms with E-state index in [1.54, 1.807) is 13.8 Å². The van der Waals surface area contributed by atoms with Crippen molar-refractivity contribution < 1.29 is 14.3 Å². The molecule has 0 aromatic carbocycles. The zero-order valence-corrected chi connectivity index (χ0v) is 11.3. The van der Waals surface area contributed by atoms with E-state index in [1.807, 2.05) is 0 Å². The van der Waals surface area contributed by atoms with E-state index < -0.39 is 5.54 Å². The predicted molar refractivity (Wildman–Crippen MR) is 60.8 cm³/mol. The summed E-state index contributed by atoms with van der Waals surface area (Å²) in [5.74, 6) is -0.476. The van der Waals surface area contributed by atoms with Gasteiger partial charge in [0, 0.05) is 0 Å². The van der Waals surface area contributed by atoms with Crippen molar-refractivity contribution in [1.82, 2.24) is 5.32 Å². The van der Waals surface area contributed by atoms with E-state index in [2.05, 4.69) is 37.2 Å². The van der Waals surface area contributed by atoms with Gasteiger partial charge in [0.05, 0.1) is 10.9 Å². The third-order valence-corrected chi connectivity index (χ3v) is 2.27. The van der Waals surface area contributed by atoms with E-state index in [-0.39, 0.29) is 29.1 Å². The third kappa shape index (κ3) is 6.37. The highest BCUT2D eigenvalue weighted by Gasteiger charge is 2.21. The van der Waals surface area contributed by atoms with Gasteiger partial charge in [0.2, 0.25) is 5.91 Å². The van der Waals surface area contributed by atoms with Crippen LogP contribution in [0.3, 0.4) is 0 Å². The van der Waals surface area contributed by atoms with Crippen LogP contribution in [0, 0.1) is 0 Å². The van der Waals surface area contributed by atoms with E-state index in [9.17, 15) is 9.59 Å². The van der Waals surface area contributed by atoms with Crippen molar-refractivity contribution in [1.29, 1.82) is 0 Å². The lowest BCUT2D eigenvalue weighted by molar-refractivity contribution is -0.143. The molecule has 0 rings (SSSR count). The maximum Gasteiger partial charge on any atom is 0.316 e. The first-order valence-corrected chi connectivity index (χ1v) is 6.24. The van der Waals surface area contributed by atoms with Crippen LogP contribution in [-0.2, 0) is 14.3 Å². The Labute approximate surface area is 100 Å². The molecule has 0 saturated heterocycles. The van der Waals surface area contributed by atoms with Gasteiger partial charge in [-0.1, -0.05) is 31.9 Å². The lowest BCUT2D eigenvalue weighted by Gasteiger charge is -2.25. The van der Waals surface area contributed by atoms with Crippen molar-refractivity contribution in [3.63, 3.8) is 0 Å².